The van der Waals surface area contributed by atoms with E-state index in [0.717, 1.165) is 12.1 Å². The summed E-state index contributed by atoms with van der Waals surface area (Å²) in [5, 5.41) is 17.1. The molecule has 0 amide bonds. The molecule has 0 aliphatic carbocycles. The fourth-order valence-corrected chi connectivity index (χ4v) is 3.81. The number of phosphoric acid groups is 1. The molecule has 1 aromatic carbocycles. The molecule has 0 radical (unpaired) electrons. The Morgan fingerprint density at radius 3 is 2.25 bits per heavy atom. The molecule has 174 valence electrons. The number of aromatic hydroxyl groups is 1. The fourth-order valence-electron chi connectivity index (χ4n) is 2.28. The van der Waals surface area contributed by atoms with E-state index in [1.165, 1.54) is 6.92 Å². The highest BCUT2D eigenvalue weighted by molar-refractivity contribution is 7.86. The summed E-state index contributed by atoms with van der Waals surface area (Å²) in [5.74, 6) is -1.16. The Hall–Kier alpha value is -2.63. The van der Waals surface area contributed by atoms with Crippen molar-refractivity contribution < 1.29 is 54.7 Å². The first-order chi connectivity index (χ1) is 14.5. The smallest absolute Gasteiger partial charge is 0.469 e. The maximum absolute atomic E-state index is 11.6. The third kappa shape index (κ3) is 6.21. The van der Waals surface area contributed by atoms with Crippen molar-refractivity contribution in [3.8, 4) is 5.75 Å². The number of benzene rings is 1. The highest BCUT2D eigenvalue weighted by Gasteiger charge is 2.23. The van der Waals surface area contributed by atoms with Crippen LogP contribution in [0.25, 0.3) is 0 Å². The summed E-state index contributed by atoms with van der Waals surface area (Å²) < 4.78 is 79.3. The van der Waals surface area contributed by atoms with Gasteiger partial charge in [0.25, 0.3) is 20.2 Å². The molecule has 2 aromatic rings. The largest absolute Gasteiger partial charge is 0.505 e. The standard InChI is InChI=1S/C14H14N3O12PS2/c1-7-13(19)9(5-18)10(6-29-30(20,21)22)14(15-7)17-16-11-3-2-8(31(23,24)25)4-12(11)32(26,27)28/h2-5,19H,6H2,1H3,(H2,20,21,22)(H,23,24,25)(H,26,27,28)/b17-16+. The van der Waals surface area contributed by atoms with Crippen LogP contribution in [0, 0.1) is 6.92 Å². The van der Waals surface area contributed by atoms with E-state index in [9.17, 15) is 35.9 Å². The summed E-state index contributed by atoms with van der Waals surface area (Å²) in [6.07, 6.45) is 0.131. The molecule has 0 saturated carbocycles. The number of rotatable bonds is 8. The number of azo groups is 1. The molecule has 0 saturated heterocycles. The van der Waals surface area contributed by atoms with Gasteiger partial charge in [0.15, 0.2) is 12.1 Å². The van der Waals surface area contributed by atoms with Gasteiger partial charge in [-0.05, 0) is 25.1 Å². The van der Waals surface area contributed by atoms with Crippen molar-refractivity contribution in [2.75, 3.05) is 0 Å². The van der Waals surface area contributed by atoms with Crippen molar-refractivity contribution in [3.63, 3.8) is 0 Å². The summed E-state index contributed by atoms with van der Waals surface area (Å²) in [7, 11) is -14.9. The SMILES string of the molecule is Cc1nc(/N=N/c2ccc(S(=O)(=O)O)cc2S(=O)(=O)O)c(COP(=O)(O)O)c(C=O)c1O. The molecule has 0 unspecified atom stereocenters. The Balaban J connectivity index is 2.69. The van der Waals surface area contributed by atoms with Crippen molar-refractivity contribution in [1.29, 1.82) is 0 Å². The zero-order valence-corrected chi connectivity index (χ0v) is 18.2. The average molecular weight is 511 g/mol. The Morgan fingerprint density at radius 1 is 1.12 bits per heavy atom. The van der Waals surface area contributed by atoms with Crippen molar-refractivity contribution >= 4 is 45.9 Å². The van der Waals surface area contributed by atoms with Crippen molar-refractivity contribution in [1.82, 2.24) is 4.98 Å². The van der Waals surface area contributed by atoms with Crippen LogP contribution in [0.1, 0.15) is 21.6 Å². The van der Waals surface area contributed by atoms with Gasteiger partial charge in [-0.1, -0.05) is 0 Å². The molecular weight excluding hydrogens is 497 g/mol. The van der Waals surface area contributed by atoms with Gasteiger partial charge in [0.05, 0.1) is 22.8 Å². The van der Waals surface area contributed by atoms with Gasteiger partial charge in [-0.2, -0.15) is 16.8 Å². The lowest BCUT2D eigenvalue weighted by molar-refractivity contribution is 0.111. The van der Waals surface area contributed by atoms with Gasteiger partial charge >= 0.3 is 7.82 Å². The highest BCUT2D eigenvalue weighted by Crippen LogP contribution is 2.40. The molecule has 15 nitrogen and oxygen atoms in total. The second-order valence-corrected chi connectivity index (χ2v) is 9.97. The molecule has 1 aromatic heterocycles. The topological polar surface area (TPSA) is 250 Å². The van der Waals surface area contributed by atoms with E-state index in [2.05, 4.69) is 19.7 Å². The predicted octanol–water partition coefficient (Wildman–Crippen LogP) is 1.43. The number of pyridine rings is 1. The van der Waals surface area contributed by atoms with Gasteiger partial charge in [0.2, 0.25) is 0 Å². The minimum atomic E-state index is -5.06. The molecule has 0 fully saturated rings. The van der Waals surface area contributed by atoms with Crippen LogP contribution in [0.4, 0.5) is 11.5 Å². The molecule has 32 heavy (non-hydrogen) atoms. The number of carbonyl (C=O) groups excluding carboxylic acids is 1. The second-order valence-electron chi connectivity index (χ2n) is 5.92. The van der Waals surface area contributed by atoms with Crippen LogP contribution in [-0.2, 0) is 35.9 Å². The van der Waals surface area contributed by atoms with E-state index in [4.69, 9.17) is 14.3 Å². The number of hydrogen-bond acceptors (Lipinski definition) is 11. The van der Waals surface area contributed by atoms with Crippen LogP contribution in [-0.4, -0.2) is 52.1 Å². The maximum atomic E-state index is 11.6. The number of aromatic nitrogens is 1. The molecule has 0 aliphatic heterocycles. The van der Waals surface area contributed by atoms with Gasteiger partial charge in [0, 0.05) is 5.56 Å². The Kier molecular flexibility index (Phi) is 7.28. The first kappa shape index (κ1) is 25.6. The summed E-state index contributed by atoms with van der Waals surface area (Å²) in [6, 6.07) is 1.93. The molecule has 18 heteroatoms. The molecule has 5 N–H and O–H groups in total. The van der Waals surface area contributed by atoms with Crippen LogP contribution >= 0.6 is 7.82 Å². The average Bonchev–Trinajstić information content (AvgIpc) is 2.65. The zero-order chi connectivity index (χ0) is 24.5. The van der Waals surface area contributed by atoms with Crippen molar-refractivity contribution in [2.24, 2.45) is 10.2 Å². The number of phosphoric ester groups is 1. The highest BCUT2D eigenvalue weighted by atomic mass is 32.2. The van der Waals surface area contributed by atoms with Crippen LogP contribution in [0.2, 0.25) is 0 Å². The normalized spacial score (nSPS) is 12.9. The molecule has 0 atom stereocenters. The quantitative estimate of drug-likeness (QED) is 0.146. The summed E-state index contributed by atoms with van der Waals surface area (Å²) >= 11 is 0. The second kappa shape index (κ2) is 9.08. The summed E-state index contributed by atoms with van der Waals surface area (Å²) in [6.45, 7) is 0.292. The Labute approximate surface area is 180 Å². The van der Waals surface area contributed by atoms with Crippen LogP contribution < -0.4 is 0 Å². The Bertz CT molecular complexity index is 1370. The maximum Gasteiger partial charge on any atom is 0.469 e. The summed E-state index contributed by atoms with van der Waals surface area (Å²) in [5.41, 5.74) is -1.69. The van der Waals surface area contributed by atoms with Crippen molar-refractivity contribution in [3.05, 3.63) is 35.0 Å². The molecule has 0 bridgehead atoms. The van der Waals surface area contributed by atoms with Gasteiger partial charge in [-0.15, -0.1) is 10.2 Å². The minimum absolute atomic E-state index is 0.131. The van der Waals surface area contributed by atoms with E-state index < -0.39 is 72.8 Å². The number of nitrogens with zero attached hydrogens (tertiary/aromatic N) is 3. The molecule has 1 heterocycles. The minimum Gasteiger partial charge on any atom is -0.505 e. The summed E-state index contributed by atoms with van der Waals surface area (Å²) in [4.78, 5) is 31.0. The van der Waals surface area contributed by atoms with Crippen molar-refractivity contribution in [2.45, 2.75) is 23.3 Å². The molecule has 0 spiro atoms. The lowest BCUT2D eigenvalue weighted by Gasteiger charge is -2.12. The predicted molar refractivity (Wildman–Crippen MR) is 103 cm³/mol. The van der Waals surface area contributed by atoms with Gasteiger partial charge < -0.3 is 14.9 Å². The van der Waals surface area contributed by atoms with E-state index >= 15 is 0 Å². The molecule has 0 aliphatic rings. The zero-order valence-electron chi connectivity index (χ0n) is 15.7. The third-order valence-electron chi connectivity index (χ3n) is 3.72. The van der Waals surface area contributed by atoms with E-state index in [0.29, 0.717) is 6.07 Å². The number of aldehydes is 1. The first-order valence-electron chi connectivity index (χ1n) is 7.93. The lowest BCUT2D eigenvalue weighted by atomic mass is 10.1. The molecule has 2 rings (SSSR count). The van der Waals surface area contributed by atoms with E-state index in [1.807, 2.05) is 0 Å². The number of carbonyl (C=O) groups is 1. The fraction of sp³-hybridized carbons (Fsp3) is 0.143. The monoisotopic (exact) mass is 511 g/mol. The van der Waals surface area contributed by atoms with Crippen LogP contribution in [0.15, 0.2) is 38.2 Å². The van der Waals surface area contributed by atoms with E-state index in [1.54, 1.807) is 0 Å². The third-order valence-corrected chi connectivity index (χ3v) is 5.92. The lowest BCUT2D eigenvalue weighted by Crippen LogP contribution is -2.03. The van der Waals surface area contributed by atoms with Gasteiger partial charge in [0.1, 0.15) is 16.3 Å². The number of aryl methyl sites for hydroxylation is 1. The van der Waals surface area contributed by atoms with E-state index in [-0.39, 0.29) is 12.0 Å². The molecular formula is C14H14N3O12PS2. The van der Waals surface area contributed by atoms with Gasteiger partial charge in [-0.25, -0.2) is 9.55 Å². The number of hydrogen-bond donors (Lipinski definition) is 5. The van der Waals surface area contributed by atoms with Gasteiger partial charge in [-0.3, -0.25) is 18.4 Å². The van der Waals surface area contributed by atoms with Crippen LogP contribution in [0.3, 0.4) is 0 Å². The van der Waals surface area contributed by atoms with Crippen LogP contribution in [0.5, 0.6) is 5.75 Å². The first-order valence-corrected chi connectivity index (χ1v) is 12.3. The Morgan fingerprint density at radius 2 is 1.75 bits per heavy atom.